The van der Waals surface area contributed by atoms with Gasteiger partial charge >= 0.3 is 0 Å². The van der Waals surface area contributed by atoms with Gasteiger partial charge in [-0.05, 0) is 19.4 Å². The van der Waals surface area contributed by atoms with Crippen molar-refractivity contribution in [1.29, 1.82) is 0 Å². The minimum atomic E-state index is -0.770. The molecule has 1 aliphatic heterocycles. The number of hydrogen-bond donors (Lipinski definition) is 0. The van der Waals surface area contributed by atoms with Crippen LogP contribution in [0.3, 0.4) is 0 Å². The number of aromatic nitrogens is 4. The molecule has 7 heteroatoms. The zero-order valence-corrected chi connectivity index (χ0v) is 13.4. The summed E-state index contributed by atoms with van der Waals surface area (Å²) in [5.41, 5.74) is 0.912. The second-order valence-corrected chi connectivity index (χ2v) is 5.92. The number of carbonyl (C=O) groups is 1. The maximum Gasteiger partial charge on any atom is 0.248 e. The van der Waals surface area contributed by atoms with Crippen LogP contribution < -0.4 is 0 Å². The summed E-state index contributed by atoms with van der Waals surface area (Å²) in [6, 6.07) is 0. The predicted octanol–water partition coefficient (Wildman–Crippen LogP) is 0.846. The van der Waals surface area contributed by atoms with Crippen molar-refractivity contribution in [3.63, 3.8) is 0 Å². The molecule has 2 aromatic rings. The van der Waals surface area contributed by atoms with Gasteiger partial charge in [-0.3, -0.25) is 19.7 Å². The van der Waals surface area contributed by atoms with Gasteiger partial charge in [-0.2, -0.15) is 0 Å². The molecule has 1 amide bonds. The van der Waals surface area contributed by atoms with E-state index in [-0.39, 0.29) is 5.91 Å². The van der Waals surface area contributed by atoms with Crippen molar-refractivity contribution in [2.24, 2.45) is 0 Å². The van der Waals surface area contributed by atoms with E-state index in [2.05, 4.69) is 24.8 Å². The normalized spacial score (nSPS) is 21.3. The van der Waals surface area contributed by atoms with E-state index in [1.165, 1.54) is 6.33 Å². The largest absolute Gasteiger partial charge is 0.347 e. The highest BCUT2D eigenvalue weighted by molar-refractivity contribution is 5.87. The molecule has 1 saturated heterocycles. The topological polar surface area (TPSA) is 75.1 Å². The maximum atomic E-state index is 13.1. The molecule has 0 saturated carbocycles. The third-order valence-electron chi connectivity index (χ3n) is 4.24. The molecule has 3 rings (SSSR count). The highest BCUT2D eigenvalue weighted by Crippen LogP contribution is 2.40. The second-order valence-electron chi connectivity index (χ2n) is 5.92. The van der Waals surface area contributed by atoms with E-state index in [0.717, 1.165) is 24.9 Å². The minimum absolute atomic E-state index is 0.0346. The lowest BCUT2D eigenvalue weighted by Crippen LogP contribution is -2.52. The molecule has 0 unspecified atom stereocenters. The minimum Gasteiger partial charge on any atom is -0.347 e. The summed E-state index contributed by atoms with van der Waals surface area (Å²) in [7, 11) is 3.56. The SMILES string of the molecule is CN(C)C(=O)[C@]1(c2cnccn2)CCCN1Cc1cncnc1. The number of nitrogens with zero attached hydrogens (tertiary/aromatic N) is 6. The first-order valence-electron chi connectivity index (χ1n) is 7.62. The van der Waals surface area contributed by atoms with Gasteiger partial charge in [0.25, 0.3) is 0 Å². The van der Waals surface area contributed by atoms with Crippen molar-refractivity contribution in [1.82, 2.24) is 29.7 Å². The van der Waals surface area contributed by atoms with Crippen molar-refractivity contribution < 1.29 is 4.79 Å². The van der Waals surface area contributed by atoms with Crippen molar-refractivity contribution in [3.8, 4) is 0 Å². The van der Waals surface area contributed by atoms with Gasteiger partial charge in [-0.1, -0.05) is 0 Å². The Labute approximate surface area is 135 Å². The van der Waals surface area contributed by atoms with Crippen molar-refractivity contribution >= 4 is 5.91 Å². The zero-order valence-electron chi connectivity index (χ0n) is 13.4. The Balaban J connectivity index is 2.02. The lowest BCUT2D eigenvalue weighted by Gasteiger charge is -2.38. The van der Waals surface area contributed by atoms with Gasteiger partial charge in [-0.25, -0.2) is 9.97 Å². The van der Waals surface area contributed by atoms with Crippen LogP contribution in [0.2, 0.25) is 0 Å². The molecule has 120 valence electrons. The molecule has 1 aliphatic rings. The zero-order chi connectivity index (χ0) is 16.3. The van der Waals surface area contributed by atoms with E-state index in [4.69, 9.17) is 0 Å². The summed E-state index contributed by atoms with van der Waals surface area (Å²) in [4.78, 5) is 33.6. The first-order chi connectivity index (χ1) is 11.1. The molecule has 0 bridgehead atoms. The highest BCUT2D eigenvalue weighted by atomic mass is 16.2. The fourth-order valence-electron chi connectivity index (χ4n) is 3.25. The van der Waals surface area contributed by atoms with Crippen LogP contribution in [-0.4, -0.2) is 56.3 Å². The van der Waals surface area contributed by atoms with Gasteiger partial charge < -0.3 is 4.90 Å². The average Bonchev–Trinajstić information content (AvgIpc) is 3.00. The van der Waals surface area contributed by atoms with E-state index in [0.29, 0.717) is 12.2 Å². The summed E-state index contributed by atoms with van der Waals surface area (Å²) in [6.07, 6.45) is 11.7. The third kappa shape index (κ3) is 2.79. The first kappa shape index (κ1) is 15.5. The predicted molar refractivity (Wildman–Crippen MR) is 84.1 cm³/mol. The van der Waals surface area contributed by atoms with Crippen LogP contribution in [0.25, 0.3) is 0 Å². The Bertz CT molecular complexity index is 663. The van der Waals surface area contributed by atoms with Gasteiger partial charge in [0.2, 0.25) is 5.91 Å². The lowest BCUT2D eigenvalue weighted by molar-refractivity contribution is -0.141. The number of carbonyl (C=O) groups excluding carboxylic acids is 1. The number of likely N-dealkylation sites (N-methyl/N-ethyl adjacent to an activating group) is 1. The Kier molecular flexibility index (Phi) is 4.29. The van der Waals surface area contributed by atoms with E-state index in [9.17, 15) is 4.79 Å². The molecule has 7 nitrogen and oxygen atoms in total. The smallest absolute Gasteiger partial charge is 0.248 e. The number of amides is 1. The Morgan fingerprint density at radius 2 is 2.00 bits per heavy atom. The van der Waals surface area contributed by atoms with Crippen LogP contribution in [-0.2, 0) is 16.9 Å². The molecule has 2 aromatic heterocycles. The van der Waals surface area contributed by atoms with E-state index >= 15 is 0 Å². The van der Waals surface area contributed by atoms with E-state index in [1.54, 1.807) is 50.0 Å². The molecule has 3 heterocycles. The van der Waals surface area contributed by atoms with Crippen LogP contribution in [0.15, 0.2) is 37.3 Å². The maximum absolute atomic E-state index is 13.1. The van der Waals surface area contributed by atoms with E-state index in [1.807, 2.05) is 0 Å². The summed E-state index contributed by atoms with van der Waals surface area (Å²) in [5, 5.41) is 0. The molecular weight excluding hydrogens is 292 g/mol. The van der Waals surface area contributed by atoms with E-state index < -0.39 is 5.54 Å². The fraction of sp³-hybridized carbons (Fsp3) is 0.438. The molecule has 0 spiro atoms. The van der Waals surface area contributed by atoms with Crippen molar-refractivity contribution in [3.05, 3.63) is 48.6 Å². The summed E-state index contributed by atoms with van der Waals surface area (Å²) >= 11 is 0. The van der Waals surface area contributed by atoms with Crippen LogP contribution in [0, 0.1) is 0 Å². The van der Waals surface area contributed by atoms with Crippen LogP contribution in [0.5, 0.6) is 0 Å². The van der Waals surface area contributed by atoms with Gasteiger partial charge in [0, 0.05) is 51.0 Å². The standard InChI is InChI=1S/C16H20N6O/c1-21(2)15(23)16(14-10-17-5-6-20-14)4-3-7-22(16)11-13-8-18-12-19-9-13/h5-6,8-10,12H,3-4,7,11H2,1-2H3/t16-/m1/s1. The number of likely N-dealkylation sites (tertiary alicyclic amines) is 1. The molecule has 1 atom stereocenters. The van der Waals surface area contributed by atoms with Gasteiger partial charge in [0.05, 0.1) is 11.9 Å². The van der Waals surface area contributed by atoms with Gasteiger partial charge in [0.1, 0.15) is 11.9 Å². The number of rotatable bonds is 4. The Hall–Kier alpha value is -2.41. The summed E-state index contributed by atoms with van der Waals surface area (Å²) in [5.74, 6) is 0.0346. The Morgan fingerprint density at radius 3 is 2.65 bits per heavy atom. The van der Waals surface area contributed by atoms with Crippen molar-refractivity contribution in [2.45, 2.75) is 24.9 Å². The van der Waals surface area contributed by atoms with Crippen LogP contribution in [0.4, 0.5) is 0 Å². The highest BCUT2D eigenvalue weighted by Gasteiger charge is 2.50. The molecular formula is C16H20N6O. The molecule has 0 aliphatic carbocycles. The first-order valence-corrected chi connectivity index (χ1v) is 7.62. The molecule has 0 aromatic carbocycles. The molecule has 0 radical (unpaired) electrons. The van der Waals surface area contributed by atoms with Crippen molar-refractivity contribution in [2.75, 3.05) is 20.6 Å². The summed E-state index contributed by atoms with van der Waals surface area (Å²) in [6.45, 7) is 1.43. The molecule has 1 fully saturated rings. The lowest BCUT2D eigenvalue weighted by atomic mass is 9.90. The molecule has 23 heavy (non-hydrogen) atoms. The quantitative estimate of drug-likeness (QED) is 0.833. The molecule has 0 N–H and O–H groups in total. The second kappa shape index (κ2) is 6.37. The fourth-order valence-corrected chi connectivity index (χ4v) is 3.25. The number of hydrogen-bond acceptors (Lipinski definition) is 6. The third-order valence-corrected chi connectivity index (χ3v) is 4.24. The van der Waals surface area contributed by atoms with Crippen LogP contribution in [0.1, 0.15) is 24.1 Å². The monoisotopic (exact) mass is 312 g/mol. The summed E-state index contributed by atoms with van der Waals surface area (Å²) < 4.78 is 0. The van der Waals surface area contributed by atoms with Gasteiger partial charge in [0.15, 0.2) is 0 Å². The van der Waals surface area contributed by atoms with Gasteiger partial charge in [-0.15, -0.1) is 0 Å². The average molecular weight is 312 g/mol. The van der Waals surface area contributed by atoms with Crippen LogP contribution >= 0.6 is 0 Å². The Morgan fingerprint density at radius 1 is 1.22 bits per heavy atom.